The van der Waals surface area contributed by atoms with Crippen LogP contribution in [-0.4, -0.2) is 15.6 Å². The van der Waals surface area contributed by atoms with Crippen LogP contribution in [0, 0.1) is 23.7 Å². The van der Waals surface area contributed by atoms with E-state index >= 15 is 0 Å². The molecule has 0 radical (unpaired) electrons. The highest BCUT2D eigenvalue weighted by molar-refractivity contribution is 9.10. The Morgan fingerprint density at radius 2 is 2.09 bits per heavy atom. The van der Waals surface area contributed by atoms with Gasteiger partial charge in [0.25, 0.3) is 0 Å². The summed E-state index contributed by atoms with van der Waals surface area (Å²) >= 11 is 3.41. The van der Waals surface area contributed by atoms with Crippen molar-refractivity contribution in [2.24, 2.45) is 5.41 Å². The molecule has 1 aliphatic carbocycles. The lowest BCUT2D eigenvalue weighted by molar-refractivity contribution is 0.0910. The van der Waals surface area contributed by atoms with Gasteiger partial charge in [0.1, 0.15) is 6.07 Å². The van der Waals surface area contributed by atoms with E-state index in [9.17, 15) is 4.79 Å². The number of fused-ring (bicyclic) bond motifs is 1. The van der Waals surface area contributed by atoms with E-state index in [1.807, 2.05) is 23.7 Å². The van der Waals surface area contributed by atoms with E-state index in [1.165, 1.54) is 0 Å². The van der Waals surface area contributed by atoms with E-state index in [2.05, 4.69) is 40.9 Å². The third-order valence-corrected chi connectivity index (χ3v) is 4.69. The Hall–Kier alpha value is -1.93. The zero-order chi connectivity index (χ0) is 16.1. The molecule has 112 valence electrons. The number of aryl methyl sites for hydroxylation is 1. The van der Waals surface area contributed by atoms with Crippen LogP contribution in [0.5, 0.6) is 0 Å². The zero-order valence-electron chi connectivity index (χ0n) is 12.8. The number of carbonyl (C=O) groups excluding carboxylic acids is 1. The van der Waals surface area contributed by atoms with Gasteiger partial charge >= 0.3 is 0 Å². The van der Waals surface area contributed by atoms with Gasteiger partial charge in [0.05, 0.1) is 28.2 Å². The van der Waals surface area contributed by atoms with Crippen LogP contribution in [0.15, 0.2) is 22.7 Å². The van der Waals surface area contributed by atoms with Crippen molar-refractivity contribution >= 4 is 21.7 Å². The van der Waals surface area contributed by atoms with Gasteiger partial charge < -0.3 is 0 Å². The molecule has 5 heteroatoms. The van der Waals surface area contributed by atoms with Crippen LogP contribution < -0.4 is 0 Å². The lowest BCUT2D eigenvalue weighted by Gasteiger charge is -2.29. The van der Waals surface area contributed by atoms with Crippen molar-refractivity contribution in [2.45, 2.75) is 33.6 Å². The average molecular weight is 358 g/mol. The largest absolute Gasteiger partial charge is 0.294 e. The van der Waals surface area contributed by atoms with Crippen LogP contribution in [-0.2, 0) is 6.42 Å². The summed E-state index contributed by atoms with van der Waals surface area (Å²) in [5.41, 5.74) is 3.89. The fraction of sp³-hybridized carbons (Fsp3) is 0.353. The molecule has 1 aromatic carbocycles. The Balaban J connectivity index is 2.18. The van der Waals surface area contributed by atoms with Crippen LogP contribution in [0.1, 0.15) is 47.6 Å². The first-order valence-electron chi connectivity index (χ1n) is 7.14. The minimum atomic E-state index is -0.0574. The first kappa shape index (κ1) is 15.0. The van der Waals surface area contributed by atoms with E-state index in [4.69, 9.17) is 5.26 Å². The number of carbonyl (C=O) groups is 1. The summed E-state index contributed by atoms with van der Waals surface area (Å²) in [5.74, 6) is 0.169. The van der Waals surface area contributed by atoms with Crippen molar-refractivity contribution in [1.82, 2.24) is 9.78 Å². The monoisotopic (exact) mass is 357 g/mol. The third-order valence-electron chi connectivity index (χ3n) is 4.04. The molecule has 0 fully saturated rings. The minimum absolute atomic E-state index is 0.0574. The number of hydrogen-bond donors (Lipinski definition) is 0. The van der Waals surface area contributed by atoms with Gasteiger partial charge in [0.15, 0.2) is 5.78 Å². The molecular weight excluding hydrogens is 342 g/mol. The predicted molar refractivity (Wildman–Crippen MR) is 87.1 cm³/mol. The number of Topliss-reactive ketones (excluding diaryl/α,β-unsaturated/α-hetero) is 1. The van der Waals surface area contributed by atoms with Crippen molar-refractivity contribution < 1.29 is 4.79 Å². The van der Waals surface area contributed by atoms with E-state index in [-0.39, 0.29) is 11.2 Å². The van der Waals surface area contributed by atoms with E-state index in [0.717, 1.165) is 33.5 Å². The standard InChI is InChI=1S/C17H16BrN3O/c1-10-16-14(7-17(2,3)8-15(16)22)21(20-10)12-5-4-11(9-19)13(18)6-12/h4-6H,7-8H2,1-3H3. The second-order valence-electron chi connectivity index (χ2n) is 6.54. The van der Waals surface area contributed by atoms with E-state index in [0.29, 0.717) is 12.0 Å². The molecule has 1 aromatic heterocycles. The summed E-state index contributed by atoms with van der Waals surface area (Å²) in [6.07, 6.45) is 1.37. The van der Waals surface area contributed by atoms with Gasteiger partial charge in [-0.2, -0.15) is 10.4 Å². The minimum Gasteiger partial charge on any atom is -0.294 e. The average Bonchev–Trinajstić information content (AvgIpc) is 2.74. The van der Waals surface area contributed by atoms with Crippen molar-refractivity contribution in [2.75, 3.05) is 0 Å². The molecule has 0 atom stereocenters. The highest BCUT2D eigenvalue weighted by atomic mass is 79.9. The van der Waals surface area contributed by atoms with Gasteiger partial charge in [0.2, 0.25) is 0 Å². The highest BCUT2D eigenvalue weighted by Crippen LogP contribution is 2.37. The number of benzene rings is 1. The van der Waals surface area contributed by atoms with Gasteiger partial charge in [-0.15, -0.1) is 0 Å². The first-order chi connectivity index (χ1) is 10.3. The maximum atomic E-state index is 12.4. The van der Waals surface area contributed by atoms with Crippen LogP contribution in [0.3, 0.4) is 0 Å². The number of ketones is 1. The second-order valence-corrected chi connectivity index (χ2v) is 7.39. The zero-order valence-corrected chi connectivity index (χ0v) is 14.4. The topological polar surface area (TPSA) is 58.7 Å². The lowest BCUT2D eigenvalue weighted by Crippen LogP contribution is -2.28. The van der Waals surface area contributed by atoms with Crippen molar-refractivity contribution in [3.8, 4) is 11.8 Å². The Morgan fingerprint density at radius 3 is 2.73 bits per heavy atom. The van der Waals surface area contributed by atoms with Gasteiger partial charge in [0, 0.05) is 10.9 Å². The molecule has 0 saturated heterocycles. The van der Waals surface area contributed by atoms with E-state index < -0.39 is 0 Å². The molecule has 1 heterocycles. The highest BCUT2D eigenvalue weighted by Gasteiger charge is 2.35. The summed E-state index contributed by atoms with van der Waals surface area (Å²) in [5, 5.41) is 13.6. The van der Waals surface area contributed by atoms with E-state index in [1.54, 1.807) is 6.07 Å². The van der Waals surface area contributed by atoms with Gasteiger partial charge in [-0.1, -0.05) is 13.8 Å². The fourth-order valence-electron chi connectivity index (χ4n) is 3.08. The molecule has 0 spiro atoms. The molecule has 22 heavy (non-hydrogen) atoms. The van der Waals surface area contributed by atoms with Crippen LogP contribution in [0.4, 0.5) is 0 Å². The molecule has 0 aliphatic heterocycles. The van der Waals surface area contributed by atoms with Gasteiger partial charge in [-0.25, -0.2) is 4.68 Å². The molecular formula is C17H16BrN3O. The Kier molecular flexibility index (Phi) is 3.45. The molecule has 4 nitrogen and oxygen atoms in total. The number of nitrogens with zero attached hydrogens (tertiary/aromatic N) is 3. The number of aromatic nitrogens is 2. The molecule has 3 rings (SSSR count). The van der Waals surface area contributed by atoms with Crippen molar-refractivity contribution in [3.05, 3.63) is 45.2 Å². The first-order valence-corrected chi connectivity index (χ1v) is 7.93. The van der Waals surface area contributed by atoms with Crippen molar-refractivity contribution in [3.63, 3.8) is 0 Å². The second kappa shape index (κ2) is 5.06. The number of halogens is 1. The molecule has 0 amide bonds. The number of rotatable bonds is 1. The Labute approximate surface area is 137 Å². The normalized spacial score (nSPS) is 16.2. The molecule has 0 unspecified atom stereocenters. The quantitative estimate of drug-likeness (QED) is 0.775. The molecule has 2 aromatic rings. The smallest absolute Gasteiger partial charge is 0.167 e. The molecule has 0 bridgehead atoms. The van der Waals surface area contributed by atoms with Crippen LogP contribution in [0.25, 0.3) is 5.69 Å². The third kappa shape index (κ3) is 2.38. The summed E-state index contributed by atoms with van der Waals surface area (Å²) in [4.78, 5) is 12.4. The number of hydrogen-bond acceptors (Lipinski definition) is 3. The molecule has 1 aliphatic rings. The Bertz CT molecular complexity index is 827. The lowest BCUT2D eigenvalue weighted by atomic mass is 9.75. The molecule has 0 saturated carbocycles. The van der Waals surface area contributed by atoms with Gasteiger partial charge in [-0.3, -0.25) is 4.79 Å². The summed E-state index contributed by atoms with van der Waals surface area (Å²) < 4.78 is 2.57. The summed E-state index contributed by atoms with van der Waals surface area (Å²) in [6, 6.07) is 7.63. The van der Waals surface area contributed by atoms with Crippen LogP contribution >= 0.6 is 15.9 Å². The Morgan fingerprint density at radius 1 is 1.36 bits per heavy atom. The number of nitriles is 1. The maximum absolute atomic E-state index is 12.4. The predicted octanol–water partition coefficient (Wildman–Crippen LogP) is 3.97. The SMILES string of the molecule is Cc1nn(-c2ccc(C#N)c(Br)c2)c2c1C(=O)CC(C)(C)C2. The maximum Gasteiger partial charge on any atom is 0.167 e. The fourth-order valence-corrected chi connectivity index (χ4v) is 3.54. The molecule has 0 N–H and O–H groups in total. The summed E-state index contributed by atoms with van der Waals surface area (Å²) in [6.45, 7) is 6.09. The van der Waals surface area contributed by atoms with Crippen molar-refractivity contribution in [1.29, 1.82) is 5.26 Å². The summed E-state index contributed by atoms with van der Waals surface area (Å²) in [7, 11) is 0. The van der Waals surface area contributed by atoms with Crippen LogP contribution in [0.2, 0.25) is 0 Å². The van der Waals surface area contributed by atoms with Gasteiger partial charge in [-0.05, 0) is 52.9 Å².